The number of carbonyl (C=O) groups is 4. The van der Waals surface area contributed by atoms with E-state index in [9.17, 15) is 43.2 Å². The van der Waals surface area contributed by atoms with Crippen molar-refractivity contribution in [3.8, 4) is 0 Å². The minimum atomic E-state index is -4.97. The van der Waals surface area contributed by atoms with Crippen LogP contribution in [-0.4, -0.2) is 96.7 Å². The van der Waals surface area contributed by atoms with Crippen LogP contribution in [0.2, 0.25) is 0 Å². The highest BCUT2D eigenvalue weighted by Gasteiger charge is 2.30. The molecule has 618 valence electrons. The average Bonchev–Trinajstić information content (AvgIpc) is 0.904. The topological polar surface area (TPSA) is 237 Å². The molecule has 0 rings (SSSR count). The predicted molar refractivity (Wildman–Crippen MR) is 428 cm³/mol. The fraction of sp³-hybridized carbons (Fsp3) is 0.953. The van der Waals surface area contributed by atoms with Crippen molar-refractivity contribution in [2.24, 2.45) is 11.8 Å². The molecule has 0 aromatic heterocycles. The van der Waals surface area contributed by atoms with Crippen LogP contribution in [-0.2, 0) is 65.4 Å². The zero-order chi connectivity index (χ0) is 76.4. The van der Waals surface area contributed by atoms with E-state index >= 15 is 0 Å². The number of aliphatic hydroxyl groups is 1. The number of phosphoric ester groups is 2. The van der Waals surface area contributed by atoms with Crippen LogP contribution < -0.4 is 0 Å². The second-order valence-electron chi connectivity index (χ2n) is 31.3. The van der Waals surface area contributed by atoms with E-state index in [-0.39, 0.29) is 25.7 Å². The van der Waals surface area contributed by atoms with Gasteiger partial charge in [0.2, 0.25) is 0 Å². The van der Waals surface area contributed by atoms with E-state index in [1.807, 2.05) is 0 Å². The number of esters is 4. The van der Waals surface area contributed by atoms with Crippen molar-refractivity contribution in [3.05, 3.63) is 0 Å². The normalized spacial score (nSPS) is 14.1. The maximum absolute atomic E-state index is 13.1. The van der Waals surface area contributed by atoms with E-state index in [0.717, 1.165) is 102 Å². The molecule has 0 spiro atoms. The summed E-state index contributed by atoms with van der Waals surface area (Å²) >= 11 is 0. The van der Waals surface area contributed by atoms with Gasteiger partial charge in [-0.15, -0.1) is 0 Å². The molecule has 0 radical (unpaired) electrons. The monoisotopic (exact) mass is 1520 g/mol. The molecule has 0 aliphatic rings. The Morgan fingerprint density at radius 3 is 0.731 bits per heavy atom. The Morgan fingerprint density at radius 1 is 0.279 bits per heavy atom. The average molecular weight is 1520 g/mol. The second-order valence-corrected chi connectivity index (χ2v) is 34.2. The Morgan fingerprint density at radius 2 is 0.490 bits per heavy atom. The van der Waals surface area contributed by atoms with Crippen LogP contribution in [0.25, 0.3) is 0 Å². The summed E-state index contributed by atoms with van der Waals surface area (Å²) < 4.78 is 68.9. The molecule has 0 aliphatic carbocycles. The number of ether oxygens (including phenoxy) is 4. The summed E-state index contributed by atoms with van der Waals surface area (Å²) in [6.07, 6.45) is 67.9. The molecule has 104 heavy (non-hydrogen) atoms. The van der Waals surface area contributed by atoms with Crippen LogP contribution in [0.4, 0.5) is 0 Å². The van der Waals surface area contributed by atoms with Crippen LogP contribution >= 0.6 is 15.6 Å². The van der Waals surface area contributed by atoms with Crippen molar-refractivity contribution in [1.82, 2.24) is 0 Å². The van der Waals surface area contributed by atoms with Crippen molar-refractivity contribution in [1.29, 1.82) is 0 Å². The molecule has 0 fully saturated rings. The summed E-state index contributed by atoms with van der Waals surface area (Å²) in [5.74, 6) is -0.475. The van der Waals surface area contributed by atoms with Gasteiger partial charge in [0.05, 0.1) is 26.4 Å². The molecule has 19 heteroatoms. The quantitative estimate of drug-likeness (QED) is 0.0222. The third kappa shape index (κ3) is 76.8. The maximum atomic E-state index is 13.1. The number of aliphatic hydroxyl groups excluding tert-OH is 1. The summed E-state index contributed by atoms with van der Waals surface area (Å²) in [5.41, 5.74) is 0. The van der Waals surface area contributed by atoms with Gasteiger partial charge < -0.3 is 33.8 Å². The van der Waals surface area contributed by atoms with Gasteiger partial charge in [-0.1, -0.05) is 401 Å². The van der Waals surface area contributed by atoms with Crippen LogP contribution in [0.1, 0.15) is 452 Å². The summed E-state index contributed by atoms with van der Waals surface area (Å²) in [7, 11) is -9.93. The Bertz CT molecular complexity index is 2000. The molecule has 3 N–H and O–H groups in total. The van der Waals surface area contributed by atoms with Gasteiger partial charge in [0, 0.05) is 25.7 Å². The fourth-order valence-electron chi connectivity index (χ4n) is 13.2. The molecule has 0 heterocycles. The highest BCUT2D eigenvalue weighted by atomic mass is 31.2. The number of phosphoric acid groups is 2. The molecule has 0 amide bonds. The molecular weight excluding hydrogens is 1350 g/mol. The fourth-order valence-corrected chi connectivity index (χ4v) is 14.8. The predicted octanol–water partition coefficient (Wildman–Crippen LogP) is 25.8. The Labute approximate surface area is 638 Å². The molecule has 0 aromatic carbocycles. The summed E-state index contributed by atoms with van der Waals surface area (Å²) in [4.78, 5) is 73.2. The minimum absolute atomic E-state index is 0.107. The molecule has 6 atom stereocenters. The summed E-state index contributed by atoms with van der Waals surface area (Å²) in [5, 5.41) is 10.7. The van der Waals surface area contributed by atoms with Crippen molar-refractivity contribution in [3.63, 3.8) is 0 Å². The van der Waals surface area contributed by atoms with Gasteiger partial charge in [-0.2, -0.15) is 0 Å². The molecule has 0 saturated heterocycles. The number of rotatable bonds is 84. The lowest BCUT2D eigenvalue weighted by Crippen LogP contribution is -2.30. The summed E-state index contributed by atoms with van der Waals surface area (Å²) in [6.45, 7) is 9.73. The lowest BCUT2D eigenvalue weighted by molar-refractivity contribution is -0.161. The third-order valence-corrected chi connectivity index (χ3v) is 22.2. The van der Waals surface area contributed by atoms with Crippen molar-refractivity contribution in [2.75, 3.05) is 39.6 Å². The molecule has 17 nitrogen and oxygen atoms in total. The van der Waals surface area contributed by atoms with Gasteiger partial charge in [-0.05, 0) is 37.5 Å². The van der Waals surface area contributed by atoms with E-state index in [2.05, 4.69) is 41.5 Å². The Hall–Kier alpha value is -1.94. The van der Waals surface area contributed by atoms with E-state index in [0.29, 0.717) is 25.7 Å². The molecular formula is C85H166O17P2. The number of unbranched alkanes of at least 4 members (excludes halogenated alkanes) is 53. The number of hydrogen-bond acceptors (Lipinski definition) is 15. The van der Waals surface area contributed by atoms with Gasteiger partial charge in [0.15, 0.2) is 12.2 Å². The summed E-state index contributed by atoms with van der Waals surface area (Å²) in [6, 6.07) is 0. The lowest BCUT2D eigenvalue weighted by Gasteiger charge is -2.21. The Balaban J connectivity index is 5.25. The SMILES string of the molecule is CCCCCCCCCCCCCCCCCCCCCCC(=O)O[C@H](COC(=O)CCCCCCCCCCCCCCCCC(C)CC)COP(=O)(O)OC[C@@H](O)COP(=O)(O)OC[C@@H](COC(=O)CCCCCCCCCCCCC)OC(=O)CCCCCCCCCCCCCCC(C)C. The van der Waals surface area contributed by atoms with Crippen LogP contribution in [0.15, 0.2) is 0 Å². The largest absolute Gasteiger partial charge is 0.472 e. The Kier molecular flexibility index (Phi) is 75.0. The van der Waals surface area contributed by atoms with Gasteiger partial charge in [0.25, 0.3) is 0 Å². The van der Waals surface area contributed by atoms with Gasteiger partial charge in [-0.3, -0.25) is 37.3 Å². The minimum Gasteiger partial charge on any atom is -0.462 e. The molecule has 0 aromatic rings. The first kappa shape index (κ1) is 102. The van der Waals surface area contributed by atoms with Crippen molar-refractivity contribution in [2.45, 2.75) is 471 Å². The van der Waals surface area contributed by atoms with Crippen LogP contribution in [0.3, 0.4) is 0 Å². The zero-order valence-electron chi connectivity index (χ0n) is 68.3. The first-order valence-electron chi connectivity index (χ1n) is 44.0. The third-order valence-electron chi connectivity index (χ3n) is 20.3. The van der Waals surface area contributed by atoms with E-state index < -0.39 is 97.5 Å². The maximum Gasteiger partial charge on any atom is 0.472 e. The molecule has 0 saturated carbocycles. The zero-order valence-corrected chi connectivity index (χ0v) is 70.1. The van der Waals surface area contributed by atoms with E-state index in [1.165, 1.54) is 270 Å². The van der Waals surface area contributed by atoms with Gasteiger partial charge >= 0.3 is 39.5 Å². The number of hydrogen-bond donors (Lipinski definition) is 3. The molecule has 0 aliphatic heterocycles. The number of carbonyl (C=O) groups excluding carboxylic acids is 4. The lowest BCUT2D eigenvalue weighted by atomic mass is 9.99. The highest BCUT2D eigenvalue weighted by Crippen LogP contribution is 2.45. The van der Waals surface area contributed by atoms with Crippen LogP contribution in [0.5, 0.6) is 0 Å². The van der Waals surface area contributed by atoms with Crippen LogP contribution in [0, 0.1) is 11.8 Å². The second kappa shape index (κ2) is 76.4. The molecule has 3 unspecified atom stereocenters. The smallest absolute Gasteiger partial charge is 0.462 e. The molecule has 0 bridgehead atoms. The standard InChI is InChI=1S/C85H166O17P2/c1-7-10-12-14-16-18-20-21-22-23-24-25-26-27-32-39-45-51-57-63-69-84(89)101-81(74-96-83(88)68-62-56-50-44-38-31-29-28-30-37-42-48-54-60-66-78(6)9-3)76-100-104(93,94)98-72-79(86)71-97-103(91,92)99-75-80(73-95-82(87)67-61-55-49-43-35-19-17-15-13-11-8-2)102-85(90)70-64-58-52-46-40-34-33-36-41-47-53-59-65-77(4)5/h77-81,86H,7-76H2,1-6H3,(H,91,92)(H,93,94)/t78?,79-,80+,81+/m0/s1. The van der Waals surface area contributed by atoms with E-state index in [4.69, 9.17) is 37.0 Å². The van der Waals surface area contributed by atoms with E-state index in [1.54, 1.807) is 0 Å². The van der Waals surface area contributed by atoms with Gasteiger partial charge in [-0.25, -0.2) is 9.13 Å². The first-order chi connectivity index (χ1) is 50.4. The van der Waals surface area contributed by atoms with Crippen molar-refractivity contribution < 1.29 is 80.2 Å². The van der Waals surface area contributed by atoms with Gasteiger partial charge in [0.1, 0.15) is 19.3 Å². The first-order valence-corrected chi connectivity index (χ1v) is 47.0. The highest BCUT2D eigenvalue weighted by molar-refractivity contribution is 7.47. The van der Waals surface area contributed by atoms with Crippen molar-refractivity contribution >= 4 is 39.5 Å².